The third kappa shape index (κ3) is 3.57. The molecule has 32 heavy (non-hydrogen) atoms. The van der Waals surface area contributed by atoms with Crippen molar-refractivity contribution >= 4 is 23.6 Å². The number of guanidine groups is 2. The monoisotopic (exact) mass is 430 g/mol. The molecule has 2 aromatic rings. The van der Waals surface area contributed by atoms with Crippen LogP contribution in [0.4, 0.5) is 11.6 Å². The first-order valence-electron chi connectivity index (χ1n) is 12.0. The summed E-state index contributed by atoms with van der Waals surface area (Å²) in [5, 5.41) is 0. The van der Waals surface area contributed by atoms with Crippen molar-refractivity contribution in [3.63, 3.8) is 0 Å². The minimum atomic E-state index is 0.900. The summed E-state index contributed by atoms with van der Waals surface area (Å²) < 4.78 is 0. The average Bonchev–Trinajstić information content (AvgIpc) is 2.88. The summed E-state index contributed by atoms with van der Waals surface area (Å²) in [5.41, 5.74) is 1.80. The predicted molar refractivity (Wildman–Crippen MR) is 128 cm³/mol. The highest BCUT2D eigenvalue weighted by Gasteiger charge is 2.29. The maximum Gasteiger partial charge on any atom is 0.202 e. The molecule has 0 bridgehead atoms. The highest BCUT2D eigenvalue weighted by molar-refractivity contribution is 5.97. The van der Waals surface area contributed by atoms with Gasteiger partial charge in [0.15, 0.2) is 0 Å². The van der Waals surface area contributed by atoms with E-state index >= 15 is 0 Å². The fourth-order valence-electron chi connectivity index (χ4n) is 5.12. The van der Waals surface area contributed by atoms with Crippen molar-refractivity contribution in [2.24, 2.45) is 9.98 Å². The topological polar surface area (TPSA) is 63.5 Å². The van der Waals surface area contributed by atoms with Gasteiger partial charge in [-0.1, -0.05) is 12.1 Å². The van der Waals surface area contributed by atoms with Crippen LogP contribution in [-0.4, -0.2) is 84.0 Å². The Kier molecular flexibility index (Phi) is 5.13. The number of anilines is 2. The molecule has 2 saturated heterocycles. The first-order chi connectivity index (χ1) is 15.9. The van der Waals surface area contributed by atoms with Crippen LogP contribution in [0.3, 0.4) is 0 Å². The van der Waals surface area contributed by atoms with E-state index < -0.39 is 0 Å². The van der Waals surface area contributed by atoms with Crippen LogP contribution in [0.25, 0.3) is 11.4 Å². The van der Waals surface area contributed by atoms with Crippen LogP contribution < -0.4 is 9.80 Å². The van der Waals surface area contributed by atoms with Crippen molar-refractivity contribution in [3.05, 3.63) is 36.4 Å². The molecule has 0 saturated carbocycles. The molecule has 8 heteroatoms. The third-order valence-electron chi connectivity index (χ3n) is 6.63. The van der Waals surface area contributed by atoms with Crippen LogP contribution >= 0.6 is 0 Å². The molecule has 0 atom stereocenters. The zero-order valence-electron chi connectivity index (χ0n) is 18.5. The lowest BCUT2D eigenvalue weighted by Crippen LogP contribution is -2.52. The molecule has 0 aromatic carbocycles. The molecule has 2 fully saturated rings. The van der Waals surface area contributed by atoms with E-state index in [-0.39, 0.29) is 0 Å². The van der Waals surface area contributed by atoms with E-state index in [0.717, 1.165) is 113 Å². The van der Waals surface area contributed by atoms with Crippen molar-refractivity contribution in [3.8, 4) is 11.4 Å². The Hall–Kier alpha value is -3.16. The van der Waals surface area contributed by atoms with Gasteiger partial charge in [0.25, 0.3) is 0 Å². The molecule has 6 heterocycles. The highest BCUT2D eigenvalue weighted by atomic mass is 15.4. The van der Waals surface area contributed by atoms with Crippen molar-refractivity contribution in [1.29, 1.82) is 0 Å². The normalized spacial score (nSPS) is 21.0. The average molecular weight is 431 g/mol. The first kappa shape index (κ1) is 19.5. The third-order valence-corrected chi connectivity index (χ3v) is 6.63. The molecule has 166 valence electrons. The lowest BCUT2D eigenvalue weighted by atomic mass is 10.2. The molecule has 6 rings (SSSR count). The summed E-state index contributed by atoms with van der Waals surface area (Å²) in [6, 6.07) is 12.5. The lowest BCUT2D eigenvalue weighted by Gasteiger charge is -2.40. The number of nitrogens with zero attached hydrogens (tertiary/aromatic N) is 8. The largest absolute Gasteiger partial charge is 0.342 e. The molecule has 2 aromatic heterocycles. The Morgan fingerprint density at radius 3 is 1.50 bits per heavy atom. The van der Waals surface area contributed by atoms with Gasteiger partial charge >= 0.3 is 0 Å². The van der Waals surface area contributed by atoms with E-state index in [9.17, 15) is 0 Å². The summed E-state index contributed by atoms with van der Waals surface area (Å²) >= 11 is 0. The Morgan fingerprint density at radius 2 is 1.00 bits per heavy atom. The van der Waals surface area contributed by atoms with Crippen LogP contribution in [0.15, 0.2) is 46.4 Å². The van der Waals surface area contributed by atoms with Gasteiger partial charge in [0.2, 0.25) is 11.9 Å². The molecule has 0 spiro atoms. The maximum absolute atomic E-state index is 5.02. The number of aromatic nitrogens is 2. The standard InChI is InChI=1S/C24H30N8/c1-7-19(27-21(9-1)31-17-5-15-29-13-3-11-25-23(29)31)20-8-2-10-22(28-20)32-18-6-16-30-14-4-12-26-24(30)32/h1-2,7-10H,3-6,11-18H2. The molecular weight excluding hydrogens is 400 g/mol. The number of pyridine rings is 2. The fraction of sp³-hybridized carbons (Fsp3) is 0.500. The van der Waals surface area contributed by atoms with Crippen LogP contribution in [0.5, 0.6) is 0 Å². The Morgan fingerprint density at radius 1 is 0.531 bits per heavy atom. The molecule has 0 N–H and O–H groups in total. The minimum absolute atomic E-state index is 0.900. The summed E-state index contributed by atoms with van der Waals surface area (Å²) in [7, 11) is 0. The summed E-state index contributed by atoms with van der Waals surface area (Å²) in [5.74, 6) is 4.08. The fourth-order valence-corrected chi connectivity index (χ4v) is 5.12. The number of aliphatic imine (C=N–C) groups is 2. The Bertz CT molecular complexity index is 964. The van der Waals surface area contributed by atoms with Gasteiger partial charge in [-0.25, -0.2) is 9.97 Å². The van der Waals surface area contributed by atoms with E-state index in [0.29, 0.717) is 0 Å². The van der Waals surface area contributed by atoms with E-state index in [4.69, 9.17) is 20.0 Å². The predicted octanol–water partition coefficient (Wildman–Crippen LogP) is 2.69. The Labute approximate surface area is 189 Å². The molecule has 0 aliphatic carbocycles. The molecular formula is C24H30N8. The maximum atomic E-state index is 5.02. The van der Waals surface area contributed by atoms with Crippen LogP contribution in [0.2, 0.25) is 0 Å². The molecule has 8 nitrogen and oxygen atoms in total. The quantitative estimate of drug-likeness (QED) is 0.746. The van der Waals surface area contributed by atoms with Gasteiger partial charge in [-0.2, -0.15) is 0 Å². The van der Waals surface area contributed by atoms with Gasteiger partial charge < -0.3 is 9.80 Å². The van der Waals surface area contributed by atoms with Crippen molar-refractivity contribution < 1.29 is 0 Å². The van der Waals surface area contributed by atoms with E-state index in [2.05, 4.69) is 56.0 Å². The van der Waals surface area contributed by atoms with Gasteiger partial charge in [-0.3, -0.25) is 19.8 Å². The van der Waals surface area contributed by atoms with Gasteiger partial charge in [0.05, 0.1) is 11.4 Å². The van der Waals surface area contributed by atoms with E-state index in [1.165, 1.54) is 0 Å². The Balaban J connectivity index is 1.31. The lowest BCUT2D eigenvalue weighted by molar-refractivity contribution is 0.359. The van der Waals surface area contributed by atoms with Crippen LogP contribution in [0, 0.1) is 0 Å². The van der Waals surface area contributed by atoms with Gasteiger partial charge in [-0.05, 0) is 49.9 Å². The first-order valence-corrected chi connectivity index (χ1v) is 12.0. The zero-order valence-corrected chi connectivity index (χ0v) is 18.5. The van der Waals surface area contributed by atoms with Gasteiger partial charge in [-0.15, -0.1) is 0 Å². The second-order valence-corrected chi connectivity index (χ2v) is 8.82. The highest BCUT2D eigenvalue weighted by Crippen LogP contribution is 2.26. The molecule has 4 aliphatic rings. The number of hydrogen-bond acceptors (Lipinski definition) is 8. The van der Waals surface area contributed by atoms with Gasteiger partial charge in [0.1, 0.15) is 11.6 Å². The van der Waals surface area contributed by atoms with Crippen LogP contribution in [0.1, 0.15) is 25.7 Å². The van der Waals surface area contributed by atoms with Crippen LogP contribution in [-0.2, 0) is 0 Å². The number of rotatable bonds is 3. The second-order valence-electron chi connectivity index (χ2n) is 8.82. The molecule has 0 radical (unpaired) electrons. The minimum Gasteiger partial charge on any atom is -0.342 e. The number of fused-ring (bicyclic) bond motifs is 2. The van der Waals surface area contributed by atoms with E-state index in [1.807, 2.05) is 0 Å². The zero-order chi connectivity index (χ0) is 21.3. The van der Waals surface area contributed by atoms with Gasteiger partial charge in [0, 0.05) is 52.4 Å². The summed E-state index contributed by atoms with van der Waals surface area (Å²) in [6.45, 7) is 8.10. The molecule has 0 unspecified atom stereocenters. The summed E-state index contributed by atoms with van der Waals surface area (Å²) in [4.78, 5) is 29.0. The smallest absolute Gasteiger partial charge is 0.202 e. The van der Waals surface area contributed by atoms with Crippen molar-refractivity contribution in [2.75, 3.05) is 62.2 Å². The number of hydrogen-bond donors (Lipinski definition) is 0. The second kappa shape index (κ2) is 8.41. The SMILES string of the molecule is c1cc(-c2cccc(N3CCCN4CCCN=C43)n2)nc(N2CCCN3CCCN=C32)c1. The summed E-state index contributed by atoms with van der Waals surface area (Å²) in [6.07, 6.45) is 4.54. The molecule has 0 amide bonds. The van der Waals surface area contributed by atoms with E-state index in [1.54, 1.807) is 0 Å². The molecule has 4 aliphatic heterocycles. The van der Waals surface area contributed by atoms with Crippen molar-refractivity contribution in [2.45, 2.75) is 25.7 Å². The van der Waals surface area contributed by atoms with Crippen molar-refractivity contribution in [1.82, 2.24) is 19.8 Å².